The van der Waals surface area contributed by atoms with E-state index in [1.54, 1.807) is 0 Å². The van der Waals surface area contributed by atoms with E-state index < -0.39 is 0 Å². The summed E-state index contributed by atoms with van der Waals surface area (Å²) in [6, 6.07) is 16.0. The van der Waals surface area contributed by atoms with Crippen LogP contribution in [-0.2, 0) is 22.6 Å². The third-order valence-corrected chi connectivity index (χ3v) is 5.19. The molecule has 0 saturated heterocycles. The molecule has 1 fully saturated rings. The van der Waals surface area contributed by atoms with Crippen LogP contribution in [0.4, 0.5) is 0 Å². The zero-order chi connectivity index (χ0) is 17.3. The first-order chi connectivity index (χ1) is 12.3. The maximum absolute atomic E-state index is 11.9. The summed E-state index contributed by atoms with van der Waals surface area (Å²) in [4.78, 5) is 16.4. The Morgan fingerprint density at radius 3 is 2.40 bits per heavy atom. The lowest BCUT2D eigenvalue weighted by molar-refractivity contribution is -0.145. The standard InChI is InChI=1S/C22H27NO2/c24-22(25-17-20-6-2-1-3-7-20)14-13-18-9-11-19(12-10-18)16-21-8-4-5-15-23-21/h1-8,15,18-19H,9-14,16-17H2. The fourth-order valence-electron chi connectivity index (χ4n) is 3.67. The van der Waals surface area contributed by atoms with Crippen LogP contribution in [0, 0.1) is 11.8 Å². The van der Waals surface area contributed by atoms with Crippen molar-refractivity contribution in [3.05, 3.63) is 66.0 Å². The molecule has 0 radical (unpaired) electrons. The topological polar surface area (TPSA) is 39.2 Å². The minimum Gasteiger partial charge on any atom is -0.461 e. The minimum atomic E-state index is -0.0699. The number of hydrogen-bond acceptors (Lipinski definition) is 3. The predicted molar refractivity (Wildman–Crippen MR) is 98.9 cm³/mol. The number of hydrogen-bond donors (Lipinski definition) is 0. The molecule has 0 aliphatic heterocycles. The van der Waals surface area contributed by atoms with Crippen LogP contribution >= 0.6 is 0 Å². The molecule has 0 N–H and O–H groups in total. The van der Waals surface area contributed by atoms with E-state index in [4.69, 9.17) is 4.74 Å². The van der Waals surface area contributed by atoms with Crippen molar-refractivity contribution in [1.29, 1.82) is 0 Å². The molecule has 1 heterocycles. The molecule has 132 valence electrons. The molecule has 0 amide bonds. The van der Waals surface area contributed by atoms with Gasteiger partial charge in [-0.3, -0.25) is 9.78 Å². The number of esters is 1. The van der Waals surface area contributed by atoms with Crippen molar-refractivity contribution in [3.63, 3.8) is 0 Å². The Morgan fingerprint density at radius 2 is 1.68 bits per heavy atom. The van der Waals surface area contributed by atoms with Crippen molar-refractivity contribution in [3.8, 4) is 0 Å². The molecular weight excluding hydrogens is 310 g/mol. The van der Waals surface area contributed by atoms with Gasteiger partial charge in [0.05, 0.1) is 0 Å². The van der Waals surface area contributed by atoms with Crippen LogP contribution in [0.2, 0.25) is 0 Å². The highest BCUT2D eigenvalue weighted by molar-refractivity contribution is 5.69. The quantitative estimate of drug-likeness (QED) is 0.671. The van der Waals surface area contributed by atoms with Crippen LogP contribution in [-0.4, -0.2) is 11.0 Å². The molecule has 25 heavy (non-hydrogen) atoms. The predicted octanol–water partition coefficient (Wildman–Crippen LogP) is 4.95. The van der Waals surface area contributed by atoms with Crippen molar-refractivity contribution >= 4 is 5.97 Å². The molecule has 1 aliphatic rings. The van der Waals surface area contributed by atoms with Crippen LogP contribution in [0.5, 0.6) is 0 Å². The second kappa shape index (κ2) is 9.36. The zero-order valence-electron chi connectivity index (χ0n) is 14.8. The second-order valence-corrected chi connectivity index (χ2v) is 7.10. The highest BCUT2D eigenvalue weighted by Gasteiger charge is 2.22. The number of benzene rings is 1. The largest absolute Gasteiger partial charge is 0.461 e. The molecule has 0 unspecified atom stereocenters. The van der Waals surface area contributed by atoms with Gasteiger partial charge in [-0.05, 0) is 55.2 Å². The van der Waals surface area contributed by atoms with E-state index in [9.17, 15) is 4.79 Å². The van der Waals surface area contributed by atoms with E-state index in [-0.39, 0.29) is 5.97 Å². The fraction of sp³-hybridized carbons (Fsp3) is 0.455. The molecule has 3 heteroatoms. The van der Waals surface area contributed by atoms with Gasteiger partial charge in [-0.1, -0.05) is 49.2 Å². The van der Waals surface area contributed by atoms with Crippen molar-refractivity contribution in [1.82, 2.24) is 4.98 Å². The summed E-state index contributed by atoms with van der Waals surface area (Å²) in [6.45, 7) is 0.385. The first kappa shape index (κ1) is 17.7. The van der Waals surface area contributed by atoms with Gasteiger partial charge >= 0.3 is 5.97 Å². The van der Waals surface area contributed by atoms with Crippen molar-refractivity contribution < 1.29 is 9.53 Å². The van der Waals surface area contributed by atoms with E-state index >= 15 is 0 Å². The highest BCUT2D eigenvalue weighted by Crippen LogP contribution is 2.33. The van der Waals surface area contributed by atoms with Crippen molar-refractivity contribution in [2.75, 3.05) is 0 Å². The number of pyridine rings is 1. The van der Waals surface area contributed by atoms with Gasteiger partial charge in [-0.2, -0.15) is 0 Å². The maximum Gasteiger partial charge on any atom is 0.306 e. The Hall–Kier alpha value is -2.16. The molecule has 3 nitrogen and oxygen atoms in total. The Balaban J connectivity index is 1.31. The summed E-state index contributed by atoms with van der Waals surface area (Å²) in [6.07, 6.45) is 9.43. The number of carbonyl (C=O) groups is 1. The number of ether oxygens (including phenoxy) is 1. The molecule has 0 bridgehead atoms. The van der Waals surface area contributed by atoms with Gasteiger partial charge in [0.15, 0.2) is 0 Å². The molecule has 1 saturated carbocycles. The van der Waals surface area contributed by atoms with E-state index in [1.165, 1.54) is 31.4 Å². The van der Waals surface area contributed by atoms with Gasteiger partial charge in [0.2, 0.25) is 0 Å². The third-order valence-electron chi connectivity index (χ3n) is 5.19. The SMILES string of the molecule is O=C(CCC1CCC(Cc2ccccn2)CC1)OCc1ccccc1. The van der Waals surface area contributed by atoms with E-state index in [0.29, 0.717) is 18.9 Å². The number of carbonyl (C=O) groups excluding carboxylic acids is 1. The van der Waals surface area contributed by atoms with Gasteiger partial charge in [0, 0.05) is 18.3 Å². The van der Waals surface area contributed by atoms with Gasteiger partial charge in [0.1, 0.15) is 6.61 Å². The lowest BCUT2D eigenvalue weighted by Crippen LogP contribution is -2.18. The van der Waals surface area contributed by atoms with Crippen LogP contribution in [0.15, 0.2) is 54.7 Å². The molecule has 1 aromatic carbocycles. The number of nitrogens with zero attached hydrogens (tertiary/aromatic N) is 1. The van der Waals surface area contributed by atoms with Gasteiger partial charge in [-0.15, -0.1) is 0 Å². The average molecular weight is 337 g/mol. The molecule has 0 atom stereocenters. The Kier molecular flexibility index (Phi) is 6.61. The molecule has 1 aromatic heterocycles. The summed E-state index contributed by atoms with van der Waals surface area (Å²) in [5.74, 6) is 1.35. The average Bonchev–Trinajstić information content (AvgIpc) is 2.67. The smallest absolute Gasteiger partial charge is 0.306 e. The Morgan fingerprint density at radius 1 is 0.960 bits per heavy atom. The molecule has 0 spiro atoms. The lowest BCUT2D eigenvalue weighted by Gasteiger charge is -2.28. The van der Waals surface area contributed by atoms with E-state index in [2.05, 4.69) is 17.1 Å². The van der Waals surface area contributed by atoms with Gasteiger partial charge < -0.3 is 4.74 Å². The van der Waals surface area contributed by atoms with Gasteiger partial charge in [-0.25, -0.2) is 0 Å². The Labute approximate surface area is 150 Å². The van der Waals surface area contributed by atoms with Crippen LogP contribution in [0.25, 0.3) is 0 Å². The van der Waals surface area contributed by atoms with Crippen molar-refractivity contribution in [2.24, 2.45) is 11.8 Å². The van der Waals surface area contributed by atoms with E-state index in [0.717, 1.165) is 24.3 Å². The van der Waals surface area contributed by atoms with Crippen LogP contribution < -0.4 is 0 Å². The number of rotatable bonds is 7. The second-order valence-electron chi connectivity index (χ2n) is 7.10. The van der Waals surface area contributed by atoms with E-state index in [1.807, 2.05) is 42.6 Å². The summed E-state index contributed by atoms with van der Waals surface area (Å²) in [5.41, 5.74) is 2.25. The minimum absolute atomic E-state index is 0.0699. The molecular formula is C22H27NO2. The molecule has 2 aromatic rings. The summed E-state index contributed by atoms with van der Waals surface area (Å²) in [7, 11) is 0. The third kappa shape index (κ3) is 6.00. The molecule has 3 rings (SSSR count). The highest BCUT2D eigenvalue weighted by atomic mass is 16.5. The van der Waals surface area contributed by atoms with Crippen LogP contribution in [0.1, 0.15) is 49.8 Å². The first-order valence-electron chi connectivity index (χ1n) is 9.39. The first-order valence-corrected chi connectivity index (χ1v) is 9.39. The van der Waals surface area contributed by atoms with Crippen LogP contribution in [0.3, 0.4) is 0 Å². The zero-order valence-corrected chi connectivity index (χ0v) is 14.8. The normalized spacial score (nSPS) is 20.2. The van der Waals surface area contributed by atoms with Gasteiger partial charge in [0.25, 0.3) is 0 Å². The summed E-state index contributed by atoms with van der Waals surface area (Å²) < 4.78 is 5.37. The molecule has 1 aliphatic carbocycles. The summed E-state index contributed by atoms with van der Waals surface area (Å²) >= 11 is 0. The Bertz CT molecular complexity index is 634. The summed E-state index contributed by atoms with van der Waals surface area (Å²) in [5, 5.41) is 0. The monoisotopic (exact) mass is 337 g/mol. The maximum atomic E-state index is 11.9. The van der Waals surface area contributed by atoms with Crippen molar-refractivity contribution in [2.45, 2.75) is 51.6 Å². The lowest BCUT2D eigenvalue weighted by atomic mass is 9.78. The number of aromatic nitrogens is 1. The fourth-order valence-corrected chi connectivity index (χ4v) is 3.67.